The van der Waals surface area contributed by atoms with E-state index in [-0.39, 0.29) is 11.9 Å². The van der Waals surface area contributed by atoms with E-state index in [2.05, 4.69) is 10.6 Å². The molecule has 1 heterocycles. The van der Waals surface area contributed by atoms with Crippen molar-refractivity contribution in [3.8, 4) is 5.75 Å². The number of carbonyl (C=O) groups excluding carboxylic acids is 2. The molecule has 2 rings (SSSR count). The molecule has 0 bridgehead atoms. The molecule has 1 aromatic carbocycles. The van der Waals surface area contributed by atoms with Crippen molar-refractivity contribution < 1.29 is 19.1 Å². The second kappa shape index (κ2) is 7.86. The number of amides is 2. The summed E-state index contributed by atoms with van der Waals surface area (Å²) in [6.45, 7) is 8.47. The summed E-state index contributed by atoms with van der Waals surface area (Å²) in [6.07, 6.45) is 0. The maximum Gasteiger partial charge on any atom is 0.338 e. The molecule has 0 radical (unpaired) electrons. The average Bonchev–Trinajstić information content (AvgIpc) is 2.53. The Bertz CT molecular complexity index is 635. The SMILES string of the molecule is CCOc1ccc(C2NC(=O)NC(C)=C2C(=O)OCC(C)C)cc1. The Morgan fingerprint density at radius 1 is 1.25 bits per heavy atom. The lowest BCUT2D eigenvalue weighted by Crippen LogP contribution is -2.45. The van der Waals surface area contributed by atoms with Gasteiger partial charge < -0.3 is 20.1 Å². The van der Waals surface area contributed by atoms with Crippen LogP contribution in [0.25, 0.3) is 0 Å². The van der Waals surface area contributed by atoms with Gasteiger partial charge in [0.25, 0.3) is 0 Å². The Labute approximate surface area is 142 Å². The smallest absolute Gasteiger partial charge is 0.338 e. The molecule has 6 heteroatoms. The van der Waals surface area contributed by atoms with Crippen molar-refractivity contribution in [3.05, 3.63) is 41.1 Å². The van der Waals surface area contributed by atoms with E-state index in [0.29, 0.717) is 24.5 Å². The fourth-order valence-electron chi connectivity index (χ4n) is 2.46. The summed E-state index contributed by atoms with van der Waals surface area (Å²) in [7, 11) is 0. The van der Waals surface area contributed by atoms with Gasteiger partial charge in [0.2, 0.25) is 0 Å². The molecule has 2 amide bonds. The number of hydrogen-bond donors (Lipinski definition) is 2. The van der Waals surface area contributed by atoms with E-state index < -0.39 is 12.0 Å². The lowest BCUT2D eigenvalue weighted by atomic mass is 9.95. The molecule has 1 aliphatic heterocycles. The molecule has 1 aliphatic rings. The molecule has 1 unspecified atom stereocenters. The summed E-state index contributed by atoms with van der Waals surface area (Å²) in [5.41, 5.74) is 1.72. The number of hydrogen-bond acceptors (Lipinski definition) is 4. The standard InChI is InChI=1S/C18H24N2O4/c1-5-23-14-8-6-13(7-9-14)16-15(12(4)19-18(22)20-16)17(21)24-10-11(2)3/h6-9,11,16H,5,10H2,1-4H3,(H2,19,20,22). The van der Waals surface area contributed by atoms with E-state index in [1.165, 1.54) is 0 Å². The van der Waals surface area contributed by atoms with Crippen LogP contribution in [0.2, 0.25) is 0 Å². The minimum absolute atomic E-state index is 0.241. The van der Waals surface area contributed by atoms with Gasteiger partial charge in [-0.05, 0) is 37.5 Å². The van der Waals surface area contributed by atoms with Crippen LogP contribution in [0.4, 0.5) is 4.79 Å². The van der Waals surface area contributed by atoms with Gasteiger partial charge in [-0.1, -0.05) is 26.0 Å². The molecule has 2 N–H and O–H groups in total. The van der Waals surface area contributed by atoms with Crippen LogP contribution < -0.4 is 15.4 Å². The molecule has 0 saturated heterocycles. The van der Waals surface area contributed by atoms with Crippen LogP contribution in [-0.4, -0.2) is 25.2 Å². The van der Waals surface area contributed by atoms with Crippen LogP contribution in [0.15, 0.2) is 35.5 Å². The maximum absolute atomic E-state index is 12.5. The summed E-state index contributed by atoms with van der Waals surface area (Å²) < 4.78 is 10.8. The summed E-state index contributed by atoms with van der Waals surface area (Å²) >= 11 is 0. The predicted molar refractivity (Wildman–Crippen MR) is 90.5 cm³/mol. The molecule has 1 atom stereocenters. The lowest BCUT2D eigenvalue weighted by molar-refractivity contribution is -0.140. The number of carbonyl (C=O) groups is 2. The summed E-state index contributed by atoms with van der Waals surface area (Å²) in [4.78, 5) is 24.3. The van der Waals surface area contributed by atoms with Gasteiger partial charge in [0, 0.05) is 5.70 Å². The zero-order valence-corrected chi connectivity index (χ0v) is 14.5. The summed E-state index contributed by atoms with van der Waals surface area (Å²) in [5.74, 6) is 0.559. The highest BCUT2D eigenvalue weighted by atomic mass is 16.5. The van der Waals surface area contributed by atoms with Crippen LogP contribution in [0.1, 0.15) is 39.3 Å². The molecule has 0 spiro atoms. The molecule has 130 valence electrons. The van der Waals surface area contributed by atoms with Gasteiger partial charge in [0.1, 0.15) is 5.75 Å². The number of esters is 1. The fourth-order valence-corrected chi connectivity index (χ4v) is 2.46. The second-order valence-electron chi connectivity index (χ2n) is 6.06. The van der Waals surface area contributed by atoms with Gasteiger partial charge in [-0.3, -0.25) is 0 Å². The first kappa shape index (κ1) is 17.8. The zero-order chi connectivity index (χ0) is 17.7. The molecule has 0 fully saturated rings. The van der Waals surface area contributed by atoms with Crippen LogP contribution >= 0.6 is 0 Å². The molecule has 0 aromatic heterocycles. The monoisotopic (exact) mass is 332 g/mol. The first-order valence-electron chi connectivity index (χ1n) is 8.10. The van der Waals surface area contributed by atoms with Crippen LogP contribution in [-0.2, 0) is 9.53 Å². The van der Waals surface area contributed by atoms with Crippen molar-refractivity contribution in [2.24, 2.45) is 5.92 Å². The van der Waals surface area contributed by atoms with Gasteiger partial charge in [-0.2, -0.15) is 0 Å². The third-order valence-electron chi connectivity index (χ3n) is 3.56. The number of nitrogens with one attached hydrogen (secondary N) is 2. The normalized spacial score (nSPS) is 17.4. The predicted octanol–water partition coefficient (Wildman–Crippen LogP) is 2.91. The number of urea groups is 1. The Hall–Kier alpha value is -2.50. The van der Waals surface area contributed by atoms with Crippen molar-refractivity contribution >= 4 is 12.0 Å². The van der Waals surface area contributed by atoms with E-state index in [0.717, 1.165) is 11.3 Å². The molecule has 0 aliphatic carbocycles. The molecular formula is C18H24N2O4. The zero-order valence-electron chi connectivity index (χ0n) is 14.5. The Morgan fingerprint density at radius 3 is 2.50 bits per heavy atom. The van der Waals surface area contributed by atoms with Crippen molar-refractivity contribution in [2.45, 2.75) is 33.7 Å². The number of allylic oxidation sites excluding steroid dienone is 1. The summed E-state index contributed by atoms with van der Waals surface area (Å²) in [5, 5.41) is 5.42. The van der Waals surface area contributed by atoms with Gasteiger partial charge in [0.05, 0.1) is 24.8 Å². The Morgan fingerprint density at radius 2 is 1.92 bits per heavy atom. The topological polar surface area (TPSA) is 76.7 Å². The molecular weight excluding hydrogens is 308 g/mol. The molecule has 6 nitrogen and oxygen atoms in total. The minimum atomic E-state index is -0.547. The van der Waals surface area contributed by atoms with Crippen LogP contribution in [0.3, 0.4) is 0 Å². The van der Waals surface area contributed by atoms with Crippen molar-refractivity contribution in [3.63, 3.8) is 0 Å². The van der Waals surface area contributed by atoms with Crippen LogP contribution in [0, 0.1) is 5.92 Å². The molecule has 24 heavy (non-hydrogen) atoms. The van der Waals surface area contributed by atoms with Gasteiger partial charge in [0.15, 0.2) is 0 Å². The van der Waals surface area contributed by atoms with E-state index in [1.807, 2.05) is 45.0 Å². The first-order valence-corrected chi connectivity index (χ1v) is 8.10. The first-order chi connectivity index (χ1) is 11.4. The van der Waals surface area contributed by atoms with E-state index in [9.17, 15) is 9.59 Å². The third-order valence-corrected chi connectivity index (χ3v) is 3.56. The third kappa shape index (κ3) is 4.28. The van der Waals surface area contributed by atoms with Gasteiger partial charge in [-0.25, -0.2) is 9.59 Å². The fraction of sp³-hybridized carbons (Fsp3) is 0.444. The van der Waals surface area contributed by atoms with Crippen molar-refractivity contribution in [2.75, 3.05) is 13.2 Å². The number of ether oxygens (including phenoxy) is 2. The largest absolute Gasteiger partial charge is 0.494 e. The minimum Gasteiger partial charge on any atom is -0.494 e. The second-order valence-corrected chi connectivity index (χ2v) is 6.06. The molecule has 0 saturated carbocycles. The van der Waals surface area contributed by atoms with Crippen LogP contribution in [0.5, 0.6) is 5.75 Å². The summed E-state index contributed by atoms with van der Waals surface area (Å²) in [6, 6.07) is 6.42. The number of benzene rings is 1. The van der Waals surface area contributed by atoms with Gasteiger partial charge in [-0.15, -0.1) is 0 Å². The highest BCUT2D eigenvalue weighted by Gasteiger charge is 2.32. The highest BCUT2D eigenvalue weighted by molar-refractivity contribution is 5.95. The van der Waals surface area contributed by atoms with Crippen molar-refractivity contribution in [1.82, 2.24) is 10.6 Å². The quantitative estimate of drug-likeness (QED) is 0.785. The van der Waals surface area contributed by atoms with Gasteiger partial charge >= 0.3 is 12.0 Å². The van der Waals surface area contributed by atoms with E-state index >= 15 is 0 Å². The van der Waals surface area contributed by atoms with E-state index in [4.69, 9.17) is 9.47 Å². The Balaban J connectivity index is 2.28. The average molecular weight is 332 g/mol. The molecule has 1 aromatic rings. The van der Waals surface area contributed by atoms with Crippen molar-refractivity contribution in [1.29, 1.82) is 0 Å². The van der Waals surface area contributed by atoms with E-state index in [1.54, 1.807) is 6.92 Å². The maximum atomic E-state index is 12.5. The highest BCUT2D eigenvalue weighted by Crippen LogP contribution is 2.29. The lowest BCUT2D eigenvalue weighted by Gasteiger charge is -2.28. The Kier molecular flexibility index (Phi) is 5.84. The number of rotatable bonds is 6.